The Balaban J connectivity index is 1.64. The normalized spacial score (nSPS) is 17.4. The van der Waals surface area contributed by atoms with Gasteiger partial charge in [-0.1, -0.05) is 60.1 Å². The lowest BCUT2D eigenvalue weighted by Gasteiger charge is -2.13. The summed E-state index contributed by atoms with van der Waals surface area (Å²) in [6.45, 7) is 0.333. The van der Waals surface area contributed by atoms with E-state index in [4.69, 9.17) is 11.6 Å². The molecule has 3 amide bonds. The quantitative estimate of drug-likeness (QED) is 0.858. The van der Waals surface area contributed by atoms with E-state index in [-0.39, 0.29) is 11.9 Å². The van der Waals surface area contributed by atoms with Gasteiger partial charge in [-0.2, -0.15) is 0 Å². The van der Waals surface area contributed by atoms with Crippen molar-refractivity contribution in [1.29, 1.82) is 0 Å². The second kappa shape index (κ2) is 6.84. The van der Waals surface area contributed by atoms with Crippen molar-refractivity contribution in [3.05, 3.63) is 70.7 Å². The monoisotopic (exact) mass is 328 g/mol. The van der Waals surface area contributed by atoms with Gasteiger partial charge in [-0.3, -0.25) is 9.69 Å². The summed E-state index contributed by atoms with van der Waals surface area (Å²) in [4.78, 5) is 25.8. The Bertz CT molecular complexity index is 718. The average molecular weight is 329 g/mol. The van der Waals surface area contributed by atoms with Gasteiger partial charge in [0.05, 0.1) is 0 Å². The van der Waals surface area contributed by atoms with Crippen LogP contribution in [0.3, 0.4) is 0 Å². The summed E-state index contributed by atoms with van der Waals surface area (Å²) < 4.78 is 0. The molecule has 5 heteroatoms. The van der Waals surface area contributed by atoms with Gasteiger partial charge in [0.15, 0.2) is 0 Å². The summed E-state index contributed by atoms with van der Waals surface area (Å²) in [6.07, 6.45) is 1.06. The van der Waals surface area contributed by atoms with Crippen molar-refractivity contribution < 1.29 is 9.59 Å². The van der Waals surface area contributed by atoms with Crippen LogP contribution in [0.15, 0.2) is 54.6 Å². The van der Waals surface area contributed by atoms with Gasteiger partial charge in [0.25, 0.3) is 5.91 Å². The van der Waals surface area contributed by atoms with Gasteiger partial charge < -0.3 is 5.32 Å². The third-order valence-electron chi connectivity index (χ3n) is 3.95. The molecule has 4 nitrogen and oxygen atoms in total. The van der Waals surface area contributed by atoms with Crippen LogP contribution >= 0.6 is 11.6 Å². The Morgan fingerprint density at radius 2 is 1.70 bits per heavy atom. The first-order valence-electron chi connectivity index (χ1n) is 7.54. The summed E-state index contributed by atoms with van der Waals surface area (Å²) in [7, 11) is 0. The van der Waals surface area contributed by atoms with E-state index in [0.717, 1.165) is 11.1 Å². The molecule has 1 saturated heterocycles. The lowest BCUT2D eigenvalue weighted by molar-refractivity contribution is -0.127. The number of nitrogens with zero attached hydrogens (tertiary/aromatic N) is 1. The molecule has 1 unspecified atom stereocenters. The summed E-state index contributed by atoms with van der Waals surface area (Å²) in [5.74, 6) is -0.175. The van der Waals surface area contributed by atoms with E-state index < -0.39 is 6.04 Å². The maximum absolute atomic E-state index is 12.4. The second-order valence-electron chi connectivity index (χ2n) is 5.52. The summed E-state index contributed by atoms with van der Waals surface area (Å²) >= 11 is 6.11. The molecule has 23 heavy (non-hydrogen) atoms. The minimum absolute atomic E-state index is 0.175. The molecule has 1 atom stereocenters. The van der Waals surface area contributed by atoms with Gasteiger partial charge >= 0.3 is 6.03 Å². The Morgan fingerprint density at radius 1 is 1.00 bits per heavy atom. The van der Waals surface area contributed by atoms with Gasteiger partial charge in [0.2, 0.25) is 0 Å². The fraction of sp³-hybridized carbons (Fsp3) is 0.222. The van der Waals surface area contributed by atoms with Gasteiger partial charge in [-0.25, -0.2) is 4.79 Å². The van der Waals surface area contributed by atoms with Crippen LogP contribution < -0.4 is 5.32 Å². The minimum Gasteiger partial charge on any atom is -0.325 e. The van der Waals surface area contributed by atoms with E-state index in [1.54, 1.807) is 6.07 Å². The van der Waals surface area contributed by atoms with E-state index in [1.807, 2.05) is 48.5 Å². The smallest absolute Gasteiger partial charge is 0.324 e. The van der Waals surface area contributed by atoms with E-state index in [2.05, 4.69) is 5.32 Å². The Labute approximate surface area is 140 Å². The molecule has 0 aliphatic carbocycles. The molecule has 0 radical (unpaired) electrons. The molecule has 1 aliphatic rings. The van der Waals surface area contributed by atoms with E-state index in [1.165, 1.54) is 4.90 Å². The lowest BCUT2D eigenvalue weighted by atomic mass is 10.1. The van der Waals surface area contributed by atoms with Gasteiger partial charge in [-0.15, -0.1) is 0 Å². The van der Waals surface area contributed by atoms with Crippen LogP contribution in [0.1, 0.15) is 11.1 Å². The zero-order chi connectivity index (χ0) is 16.2. The standard InChI is InChI=1S/C18H17ClN2O2/c19-15-9-5-4-8-14(15)10-11-21-17(22)16(20-18(21)23)12-13-6-2-1-3-7-13/h1-9,16H,10-12H2,(H,20,23). The van der Waals surface area contributed by atoms with Crippen LogP contribution in [-0.2, 0) is 17.6 Å². The van der Waals surface area contributed by atoms with Crippen LogP contribution in [0.25, 0.3) is 0 Å². The molecule has 0 saturated carbocycles. The van der Waals surface area contributed by atoms with Gasteiger partial charge in [0, 0.05) is 18.0 Å². The van der Waals surface area contributed by atoms with Crippen LogP contribution in [0.2, 0.25) is 5.02 Å². The summed E-state index contributed by atoms with van der Waals surface area (Å²) in [5.41, 5.74) is 1.96. The third-order valence-corrected chi connectivity index (χ3v) is 4.32. The first kappa shape index (κ1) is 15.6. The number of halogens is 1. The number of nitrogens with one attached hydrogen (secondary N) is 1. The third kappa shape index (κ3) is 3.54. The molecule has 0 aromatic heterocycles. The molecule has 1 heterocycles. The van der Waals surface area contributed by atoms with Crippen LogP contribution in [0, 0.1) is 0 Å². The maximum Gasteiger partial charge on any atom is 0.324 e. The number of rotatable bonds is 5. The van der Waals surface area contributed by atoms with Crippen molar-refractivity contribution in [3.8, 4) is 0 Å². The second-order valence-corrected chi connectivity index (χ2v) is 5.93. The van der Waals surface area contributed by atoms with Gasteiger partial charge in [-0.05, 0) is 23.6 Å². The van der Waals surface area contributed by atoms with Crippen molar-refractivity contribution in [3.63, 3.8) is 0 Å². The molecule has 3 rings (SSSR count). The predicted molar refractivity (Wildman–Crippen MR) is 89.3 cm³/mol. The zero-order valence-corrected chi connectivity index (χ0v) is 13.3. The predicted octanol–water partition coefficient (Wildman–Crippen LogP) is 3.05. The Kier molecular flexibility index (Phi) is 4.63. The largest absolute Gasteiger partial charge is 0.325 e. The molecule has 1 fully saturated rings. The fourth-order valence-electron chi connectivity index (χ4n) is 2.71. The number of carbonyl (C=O) groups excluding carboxylic acids is 2. The summed E-state index contributed by atoms with van der Waals surface area (Å²) in [5, 5.41) is 3.41. The molecule has 2 aromatic carbocycles. The average Bonchev–Trinajstić information content (AvgIpc) is 2.82. The van der Waals surface area contributed by atoms with Crippen molar-refractivity contribution in [2.45, 2.75) is 18.9 Å². The Hall–Kier alpha value is -2.33. The number of carbonyl (C=O) groups is 2. The first-order chi connectivity index (χ1) is 11.1. The highest BCUT2D eigenvalue weighted by molar-refractivity contribution is 6.31. The number of urea groups is 1. The highest BCUT2D eigenvalue weighted by Gasteiger charge is 2.37. The number of hydrogen-bond acceptors (Lipinski definition) is 2. The zero-order valence-electron chi connectivity index (χ0n) is 12.5. The first-order valence-corrected chi connectivity index (χ1v) is 7.92. The molecule has 1 aliphatic heterocycles. The topological polar surface area (TPSA) is 49.4 Å². The number of imide groups is 1. The molecular weight excluding hydrogens is 312 g/mol. The number of amides is 3. The fourth-order valence-corrected chi connectivity index (χ4v) is 2.94. The number of benzene rings is 2. The van der Waals surface area contributed by atoms with E-state index >= 15 is 0 Å². The SMILES string of the molecule is O=C1NC(Cc2ccccc2)C(=O)N1CCc1ccccc1Cl. The highest BCUT2D eigenvalue weighted by atomic mass is 35.5. The molecular formula is C18H17ClN2O2. The van der Waals surface area contributed by atoms with Crippen LogP contribution in [0.5, 0.6) is 0 Å². The summed E-state index contributed by atoms with van der Waals surface area (Å²) in [6, 6.07) is 16.3. The van der Waals surface area contributed by atoms with Crippen molar-refractivity contribution in [2.75, 3.05) is 6.54 Å². The van der Waals surface area contributed by atoms with Crippen molar-refractivity contribution in [2.24, 2.45) is 0 Å². The van der Waals surface area contributed by atoms with Crippen molar-refractivity contribution in [1.82, 2.24) is 10.2 Å². The molecule has 0 spiro atoms. The van der Waals surface area contributed by atoms with E-state index in [0.29, 0.717) is 24.4 Å². The minimum atomic E-state index is -0.490. The maximum atomic E-state index is 12.4. The van der Waals surface area contributed by atoms with Crippen molar-refractivity contribution >= 4 is 23.5 Å². The Morgan fingerprint density at radius 3 is 2.43 bits per heavy atom. The molecule has 118 valence electrons. The number of hydrogen-bond donors (Lipinski definition) is 1. The molecule has 0 bridgehead atoms. The highest BCUT2D eigenvalue weighted by Crippen LogP contribution is 2.17. The van der Waals surface area contributed by atoms with E-state index in [9.17, 15) is 9.59 Å². The van der Waals surface area contributed by atoms with Crippen LogP contribution in [0.4, 0.5) is 4.79 Å². The molecule has 1 N–H and O–H groups in total. The van der Waals surface area contributed by atoms with Gasteiger partial charge in [0.1, 0.15) is 6.04 Å². The van der Waals surface area contributed by atoms with Crippen LogP contribution in [-0.4, -0.2) is 29.4 Å². The molecule has 2 aromatic rings. The lowest BCUT2D eigenvalue weighted by Crippen LogP contribution is -2.34.